The second kappa shape index (κ2) is 8.65. The van der Waals surface area contributed by atoms with Gasteiger partial charge in [0.1, 0.15) is 12.4 Å². The van der Waals surface area contributed by atoms with E-state index in [1.165, 1.54) is 0 Å². The molecule has 0 spiro atoms. The molecule has 3 rings (SSSR count). The predicted octanol–water partition coefficient (Wildman–Crippen LogP) is 3.41. The lowest BCUT2D eigenvalue weighted by atomic mass is 10.2. The quantitative estimate of drug-likeness (QED) is 0.773. The molecule has 0 N–H and O–H groups in total. The number of benzene rings is 1. The van der Waals surface area contributed by atoms with Crippen LogP contribution in [0.25, 0.3) is 0 Å². The zero-order valence-electron chi connectivity index (χ0n) is 13.5. The van der Waals surface area contributed by atoms with E-state index in [2.05, 4.69) is 4.90 Å². The number of hydrogen-bond acceptors (Lipinski definition) is 4. The molecule has 0 saturated carbocycles. The molecule has 2 fully saturated rings. The van der Waals surface area contributed by atoms with Crippen molar-refractivity contribution in [2.24, 2.45) is 0 Å². The molecule has 4 nitrogen and oxygen atoms in total. The second-order valence-electron chi connectivity index (χ2n) is 6.05. The van der Waals surface area contributed by atoms with Crippen molar-refractivity contribution in [2.45, 2.75) is 18.9 Å². The van der Waals surface area contributed by atoms with Crippen LogP contribution in [0.1, 0.15) is 12.8 Å². The molecule has 0 aromatic heterocycles. The maximum absolute atomic E-state index is 12.7. The summed E-state index contributed by atoms with van der Waals surface area (Å²) in [4.78, 5) is 17.0. The van der Waals surface area contributed by atoms with Gasteiger partial charge in [0.15, 0.2) is 0 Å². The number of carbonyl (C=O) groups excluding carboxylic acids is 1. The highest BCUT2D eigenvalue weighted by molar-refractivity contribution is 7.99. The summed E-state index contributed by atoms with van der Waals surface area (Å²) in [6.45, 7) is 3.96. The smallest absolute Gasteiger partial charge is 0.239 e. The van der Waals surface area contributed by atoms with Crippen molar-refractivity contribution in [1.29, 1.82) is 0 Å². The lowest BCUT2D eigenvalue weighted by Crippen LogP contribution is -2.49. The zero-order valence-corrected chi connectivity index (χ0v) is 15.9. The van der Waals surface area contributed by atoms with E-state index in [4.69, 9.17) is 27.9 Å². The average molecular weight is 389 g/mol. The average Bonchev–Trinajstić information content (AvgIpc) is 3.05. The Balaban J connectivity index is 1.51. The molecule has 1 amide bonds. The summed E-state index contributed by atoms with van der Waals surface area (Å²) in [5.74, 6) is 3.03. The van der Waals surface area contributed by atoms with Gasteiger partial charge in [-0.15, -0.1) is 0 Å². The number of halogens is 2. The van der Waals surface area contributed by atoms with Crippen molar-refractivity contribution < 1.29 is 9.53 Å². The van der Waals surface area contributed by atoms with E-state index in [-0.39, 0.29) is 11.9 Å². The molecule has 0 radical (unpaired) electrons. The van der Waals surface area contributed by atoms with Crippen molar-refractivity contribution in [1.82, 2.24) is 9.80 Å². The normalized spacial score (nSPS) is 21.9. The third kappa shape index (κ3) is 4.51. The van der Waals surface area contributed by atoms with E-state index < -0.39 is 0 Å². The highest BCUT2D eigenvalue weighted by Crippen LogP contribution is 2.28. The molecule has 1 aromatic rings. The zero-order chi connectivity index (χ0) is 16.9. The molecule has 2 aliphatic rings. The highest BCUT2D eigenvalue weighted by atomic mass is 35.5. The molecule has 7 heteroatoms. The Morgan fingerprint density at radius 1 is 1.25 bits per heavy atom. The van der Waals surface area contributed by atoms with Crippen LogP contribution in [-0.2, 0) is 4.79 Å². The Morgan fingerprint density at radius 3 is 2.79 bits per heavy atom. The van der Waals surface area contributed by atoms with Gasteiger partial charge in [0.25, 0.3) is 0 Å². The largest absolute Gasteiger partial charge is 0.491 e. The minimum atomic E-state index is 0.0115. The van der Waals surface area contributed by atoms with Crippen LogP contribution in [0.15, 0.2) is 18.2 Å². The Kier molecular flexibility index (Phi) is 6.56. The van der Waals surface area contributed by atoms with Gasteiger partial charge < -0.3 is 9.64 Å². The number of ether oxygens (including phenoxy) is 1. The van der Waals surface area contributed by atoms with E-state index in [1.807, 2.05) is 16.7 Å². The molecule has 24 heavy (non-hydrogen) atoms. The molecule has 0 bridgehead atoms. The van der Waals surface area contributed by atoms with E-state index in [0.717, 1.165) is 50.5 Å². The van der Waals surface area contributed by atoms with Crippen LogP contribution >= 0.6 is 35.0 Å². The summed E-state index contributed by atoms with van der Waals surface area (Å²) in [5.41, 5.74) is 0. The van der Waals surface area contributed by atoms with Crippen LogP contribution in [-0.4, -0.2) is 66.0 Å². The van der Waals surface area contributed by atoms with Gasteiger partial charge in [-0.05, 0) is 37.6 Å². The fraction of sp³-hybridized carbons (Fsp3) is 0.588. The first-order chi connectivity index (χ1) is 11.6. The molecule has 1 unspecified atom stereocenters. The molecule has 2 saturated heterocycles. The lowest BCUT2D eigenvalue weighted by molar-refractivity contribution is -0.135. The topological polar surface area (TPSA) is 32.8 Å². The van der Waals surface area contributed by atoms with E-state index in [9.17, 15) is 4.79 Å². The predicted molar refractivity (Wildman–Crippen MR) is 100 cm³/mol. The highest BCUT2D eigenvalue weighted by Gasteiger charge is 2.33. The van der Waals surface area contributed by atoms with Crippen LogP contribution in [0.4, 0.5) is 0 Å². The van der Waals surface area contributed by atoms with Crippen molar-refractivity contribution in [2.75, 3.05) is 44.3 Å². The maximum atomic E-state index is 12.7. The van der Waals surface area contributed by atoms with Gasteiger partial charge in [-0.3, -0.25) is 9.69 Å². The number of thioether (sulfide) groups is 1. The standard InChI is InChI=1S/C17H22Cl2N2O2S/c18-13-3-4-16(14(19)12-13)23-9-6-20-5-1-2-15(20)17(22)21-7-10-24-11-8-21/h3-4,12,15H,1-2,5-11H2. The van der Waals surface area contributed by atoms with Crippen molar-refractivity contribution in [3.63, 3.8) is 0 Å². The first-order valence-corrected chi connectivity index (χ1v) is 10.2. The minimum absolute atomic E-state index is 0.0115. The Hall–Kier alpha value is -0.620. The SMILES string of the molecule is O=C(C1CCCN1CCOc1ccc(Cl)cc1Cl)N1CCSCC1. The fourth-order valence-corrected chi connectivity index (χ4v) is 4.60. The molecule has 1 aromatic carbocycles. The molecule has 2 heterocycles. The van der Waals surface area contributed by atoms with Crippen molar-refractivity contribution in [3.05, 3.63) is 28.2 Å². The molecule has 132 valence electrons. The van der Waals surface area contributed by atoms with E-state index >= 15 is 0 Å². The molecule has 2 aliphatic heterocycles. The minimum Gasteiger partial charge on any atom is -0.491 e. The van der Waals surface area contributed by atoms with Crippen LogP contribution in [0.5, 0.6) is 5.75 Å². The van der Waals surface area contributed by atoms with Gasteiger partial charge in [0.2, 0.25) is 5.91 Å². The molecular weight excluding hydrogens is 367 g/mol. The Labute approximate surface area is 157 Å². The van der Waals surface area contributed by atoms with Gasteiger partial charge in [-0.25, -0.2) is 0 Å². The van der Waals surface area contributed by atoms with Crippen molar-refractivity contribution in [3.8, 4) is 5.75 Å². The van der Waals surface area contributed by atoms with Gasteiger partial charge in [-0.2, -0.15) is 11.8 Å². The number of nitrogens with zero attached hydrogens (tertiary/aromatic N) is 2. The number of carbonyl (C=O) groups is 1. The Morgan fingerprint density at radius 2 is 2.04 bits per heavy atom. The number of rotatable bonds is 5. The summed E-state index contributed by atoms with van der Waals surface area (Å²) in [5, 5.41) is 1.11. The maximum Gasteiger partial charge on any atom is 0.239 e. The van der Waals surface area contributed by atoms with E-state index in [0.29, 0.717) is 22.4 Å². The number of likely N-dealkylation sites (tertiary alicyclic amines) is 1. The van der Waals surface area contributed by atoms with Crippen LogP contribution < -0.4 is 4.74 Å². The van der Waals surface area contributed by atoms with Gasteiger partial charge in [-0.1, -0.05) is 23.2 Å². The summed E-state index contributed by atoms with van der Waals surface area (Å²) in [7, 11) is 0. The number of amides is 1. The van der Waals surface area contributed by atoms with Crippen LogP contribution in [0.2, 0.25) is 10.0 Å². The van der Waals surface area contributed by atoms with E-state index in [1.54, 1.807) is 18.2 Å². The third-order valence-electron chi connectivity index (χ3n) is 4.50. The number of hydrogen-bond donors (Lipinski definition) is 0. The van der Waals surface area contributed by atoms with Crippen molar-refractivity contribution >= 4 is 40.9 Å². The summed E-state index contributed by atoms with van der Waals surface area (Å²) in [6, 6.07) is 5.23. The monoisotopic (exact) mass is 388 g/mol. The first-order valence-electron chi connectivity index (χ1n) is 8.33. The fourth-order valence-electron chi connectivity index (χ4n) is 3.23. The first kappa shape index (κ1) is 18.2. The van der Waals surface area contributed by atoms with Crippen LogP contribution in [0, 0.1) is 0 Å². The summed E-state index contributed by atoms with van der Waals surface area (Å²) in [6.07, 6.45) is 2.02. The van der Waals surface area contributed by atoms with Crippen LogP contribution in [0.3, 0.4) is 0 Å². The Bertz CT molecular complexity index is 582. The van der Waals surface area contributed by atoms with Gasteiger partial charge in [0, 0.05) is 36.2 Å². The summed E-state index contributed by atoms with van der Waals surface area (Å²) < 4.78 is 5.77. The third-order valence-corrected chi connectivity index (χ3v) is 5.97. The van der Waals surface area contributed by atoms with Gasteiger partial charge in [0.05, 0.1) is 11.1 Å². The lowest BCUT2D eigenvalue weighted by Gasteiger charge is -2.32. The second-order valence-corrected chi connectivity index (χ2v) is 8.12. The molecule has 0 aliphatic carbocycles. The molecular formula is C17H22Cl2N2O2S. The summed E-state index contributed by atoms with van der Waals surface area (Å²) >= 11 is 13.9. The van der Waals surface area contributed by atoms with Gasteiger partial charge >= 0.3 is 0 Å². The molecule has 1 atom stereocenters.